The molecule has 1 amide bonds. The van der Waals surface area contributed by atoms with Gasteiger partial charge in [0.2, 0.25) is 5.91 Å². The van der Waals surface area contributed by atoms with Gasteiger partial charge in [-0.25, -0.2) is 9.78 Å². The van der Waals surface area contributed by atoms with Gasteiger partial charge in [-0.2, -0.15) is 0 Å². The second kappa shape index (κ2) is 7.00. The molecule has 0 spiro atoms. The average molecular weight is 268 g/mol. The summed E-state index contributed by atoms with van der Waals surface area (Å²) in [5.41, 5.74) is 0.0200. The van der Waals surface area contributed by atoms with Crippen LogP contribution in [0.15, 0.2) is 23.2 Å². The van der Waals surface area contributed by atoms with Crippen LogP contribution in [-0.4, -0.2) is 33.8 Å². The second-order valence-corrected chi connectivity index (χ2v) is 5.17. The first-order valence-electron chi connectivity index (χ1n) is 5.60. The summed E-state index contributed by atoms with van der Waals surface area (Å²) in [6, 6.07) is 3.38. The third kappa shape index (κ3) is 5.18. The maximum Gasteiger partial charge on any atom is 0.354 e. The predicted molar refractivity (Wildman–Crippen MR) is 69.8 cm³/mol. The fraction of sp³-hybridized carbons (Fsp3) is 0.417. The van der Waals surface area contributed by atoms with Crippen molar-refractivity contribution in [2.24, 2.45) is 0 Å². The molecule has 0 saturated heterocycles. The zero-order chi connectivity index (χ0) is 13.5. The van der Waals surface area contributed by atoms with E-state index in [1.165, 1.54) is 24.0 Å². The molecule has 1 heterocycles. The Labute approximate surface area is 110 Å². The van der Waals surface area contributed by atoms with Crippen LogP contribution in [0.5, 0.6) is 0 Å². The molecule has 18 heavy (non-hydrogen) atoms. The highest BCUT2D eigenvalue weighted by Crippen LogP contribution is 2.18. The van der Waals surface area contributed by atoms with E-state index in [4.69, 9.17) is 5.11 Å². The normalized spacial score (nSPS) is 10.4. The lowest BCUT2D eigenvalue weighted by Crippen LogP contribution is -2.30. The molecule has 5 nitrogen and oxygen atoms in total. The number of pyridine rings is 1. The molecule has 1 rings (SSSR count). The number of hydrogen-bond donors (Lipinski definition) is 2. The zero-order valence-corrected chi connectivity index (χ0v) is 11.2. The second-order valence-electron chi connectivity index (χ2n) is 4.00. The number of nitrogens with zero attached hydrogens (tertiary/aromatic N) is 1. The lowest BCUT2D eigenvalue weighted by Gasteiger charge is -2.07. The van der Waals surface area contributed by atoms with E-state index in [0.717, 1.165) is 4.90 Å². The van der Waals surface area contributed by atoms with Crippen molar-refractivity contribution in [1.29, 1.82) is 0 Å². The lowest BCUT2D eigenvalue weighted by atomic mass is 10.3. The Hall–Kier alpha value is -1.56. The average Bonchev–Trinajstić information content (AvgIpc) is 2.28. The molecule has 2 N–H and O–H groups in total. The molecule has 0 fully saturated rings. The van der Waals surface area contributed by atoms with E-state index in [1.807, 2.05) is 13.8 Å². The highest BCUT2D eigenvalue weighted by atomic mass is 32.2. The van der Waals surface area contributed by atoms with Crippen molar-refractivity contribution in [3.8, 4) is 0 Å². The largest absolute Gasteiger partial charge is 0.477 e. The summed E-state index contributed by atoms with van der Waals surface area (Å²) in [6.45, 7) is 3.82. The fourth-order valence-corrected chi connectivity index (χ4v) is 2.15. The van der Waals surface area contributed by atoms with Gasteiger partial charge in [-0.15, -0.1) is 11.8 Å². The van der Waals surface area contributed by atoms with Crippen LogP contribution in [0.3, 0.4) is 0 Å². The number of aromatic carboxylic acids is 1. The standard InChI is InChI=1S/C12H16N2O3S/c1-8(2)14-11(15)4-6-18-9-3-5-13-10(7-9)12(16)17/h3,5,7-8H,4,6H2,1-2H3,(H,14,15)(H,16,17). The minimum atomic E-state index is -1.05. The summed E-state index contributed by atoms with van der Waals surface area (Å²) < 4.78 is 0. The fourth-order valence-electron chi connectivity index (χ4n) is 1.27. The summed E-state index contributed by atoms with van der Waals surface area (Å²) >= 11 is 1.44. The summed E-state index contributed by atoms with van der Waals surface area (Å²) in [4.78, 5) is 26.6. The third-order valence-electron chi connectivity index (χ3n) is 2.00. The summed E-state index contributed by atoms with van der Waals surface area (Å²) in [5.74, 6) is -0.429. The molecule has 1 aromatic rings. The molecule has 98 valence electrons. The monoisotopic (exact) mass is 268 g/mol. The minimum Gasteiger partial charge on any atom is -0.477 e. The van der Waals surface area contributed by atoms with Gasteiger partial charge < -0.3 is 10.4 Å². The Morgan fingerprint density at radius 2 is 2.22 bits per heavy atom. The van der Waals surface area contributed by atoms with Crippen molar-refractivity contribution in [1.82, 2.24) is 10.3 Å². The van der Waals surface area contributed by atoms with Crippen molar-refractivity contribution in [2.45, 2.75) is 31.2 Å². The lowest BCUT2D eigenvalue weighted by molar-refractivity contribution is -0.121. The topological polar surface area (TPSA) is 79.3 Å². The van der Waals surface area contributed by atoms with Crippen LogP contribution < -0.4 is 5.32 Å². The van der Waals surface area contributed by atoms with Crippen molar-refractivity contribution in [2.75, 3.05) is 5.75 Å². The van der Waals surface area contributed by atoms with Crippen LogP contribution >= 0.6 is 11.8 Å². The molecule has 0 aliphatic heterocycles. The number of carboxylic acids is 1. The molecule has 0 aliphatic carbocycles. The smallest absolute Gasteiger partial charge is 0.354 e. The molecule has 0 bridgehead atoms. The molecule has 0 radical (unpaired) electrons. The summed E-state index contributed by atoms with van der Waals surface area (Å²) in [7, 11) is 0. The Bertz CT molecular complexity index is 435. The Morgan fingerprint density at radius 3 is 2.83 bits per heavy atom. The van der Waals surface area contributed by atoms with Crippen LogP contribution in [0.25, 0.3) is 0 Å². The highest BCUT2D eigenvalue weighted by Gasteiger charge is 2.07. The van der Waals surface area contributed by atoms with Crippen LogP contribution in [0.2, 0.25) is 0 Å². The Balaban J connectivity index is 2.42. The van der Waals surface area contributed by atoms with Gasteiger partial charge in [-0.1, -0.05) is 0 Å². The first-order valence-corrected chi connectivity index (χ1v) is 6.59. The first kappa shape index (κ1) is 14.5. The molecule has 1 aromatic heterocycles. The number of rotatable bonds is 6. The van der Waals surface area contributed by atoms with Gasteiger partial charge in [-0.05, 0) is 26.0 Å². The quantitative estimate of drug-likeness (QED) is 0.769. The highest BCUT2D eigenvalue weighted by molar-refractivity contribution is 7.99. The summed E-state index contributed by atoms with van der Waals surface area (Å²) in [5, 5.41) is 11.6. The Morgan fingerprint density at radius 1 is 1.50 bits per heavy atom. The molecular weight excluding hydrogens is 252 g/mol. The molecule has 0 saturated carbocycles. The summed E-state index contributed by atoms with van der Waals surface area (Å²) in [6.07, 6.45) is 1.87. The molecule has 0 atom stereocenters. The number of nitrogens with one attached hydrogen (secondary N) is 1. The predicted octanol–water partition coefficient (Wildman–Crippen LogP) is 1.79. The van der Waals surface area contributed by atoms with Gasteiger partial charge in [0.25, 0.3) is 0 Å². The maximum atomic E-state index is 11.4. The first-order chi connectivity index (χ1) is 8.49. The van der Waals surface area contributed by atoms with E-state index < -0.39 is 5.97 Å². The van der Waals surface area contributed by atoms with Gasteiger partial charge in [0.1, 0.15) is 5.69 Å². The number of carboxylic acid groups (broad SMARTS) is 1. The molecular formula is C12H16N2O3S. The van der Waals surface area contributed by atoms with Crippen LogP contribution in [0.1, 0.15) is 30.8 Å². The molecule has 0 aliphatic rings. The van der Waals surface area contributed by atoms with E-state index >= 15 is 0 Å². The number of amides is 1. The van der Waals surface area contributed by atoms with E-state index in [1.54, 1.807) is 6.07 Å². The molecule has 0 aromatic carbocycles. The number of carbonyl (C=O) groups excluding carboxylic acids is 1. The van der Waals surface area contributed by atoms with E-state index in [0.29, 0.717) is 12.2 Å². The molecule has 6 heteroatoms. The van der Waals surface area contributed by atoms with E-state index in [-0.39, 0.29) is 17.6 Å². The van der Waals surface area contributed by atoms with Crippen molar-refractivity contribution in [3.63, 3.8) is 0 Å². The van der Waals surface area contributed by atoms with Gasteiger partial charge >= 0.3 is 5.97 Å². The van der Waals surface area contributed by atoms with Crippen LogP contribution in [-0.2, 0) is 4.79 Å². The third-order valence-corrected chi connectivity index (χ3v) is 2.99. The van der Waals surface area contributed by atoms with Crippen LogP contribution in [0.4, 0.5) is 0 Å². The number of thioether (sulfide) groups is 1. The van der Waals surface area contributed by atoms with E-state index in [2.05, 4.69) is 10.3 Å². The number of carbonyl (C=O) groups is 2. The minimum absolute atomic E-state index is 0.00464. The van der Waals surface area contributed by atoms with Gasteiger partial charge in [-0.3, -0.25) is 4.79 Å². The van der Waals surface area contributed by atoms with Crippen molar-refractivity contribution < 1.29 is 14.7 Å². The number of hydrogen-bond acceptors (Lipinski definition) is 4. The Kier molecular flexibility index (Phi) is 5.64. The van der Waals surface area contributed by atoms with Gasteiger partial charge in [0, 0.05) is 29.3 Å². The van der Waals surface area contributed by atoms with Gasteiger partial charge in [0.15, 0.2) is 0 Å². The van der Waals surface area contributed by atoms with Crippen molar-refractivity contribution >= 4 is 23.6 Å². The zero-order valence-electron chi connectivity index (χ0n) is 10.3. The molecule has 0 unspecified atom stereocenters. The number of aromatic nitrogens is 1. The van der Waals surface area contributed by atoms with E-state index in [9.17, 15) is 9.59 Å². The van der Waals surface area contributed by atoms with Gasteiger partial charge in [0.05, 0.1) is 0 Å². The maximum absolute atomic E-state index is 11.4. The SMILES string of the molecule is CC(C)NC(=O)CCSc1ccnc(C(=O)O)c1. The van der Waals surface area contributed by atoms with Crippen molar-refractivity contribution in [3.05, 3.63) is 24.0 Å². The van der Waals surface area contributed by atoms with Crippen LogP contribution in [0, 0.1) is 0 Å².